The average Bonchev–Trinajstić information content (AvgIpc) is 3.23. The molecule has 1 saturated heterocycles. The molecule has 0 unspecified atom stereocenters. The maximum Gasteiger partial charge on any atom is 0.341 e. The number of carbonyl (C=O) groups is 3. The minimum absolute atomic E-state index is 0.0111. The number of thiocarbonyl (C=S) groups is 1. The summed E-state index contributed by atoms with van der Waals surface area (Å²) in [4.78, 5) is 41.0. The van der Waals surface area contributed by atoms with Crippen molar-refractivity contribution in [3.05, 3.63) is 46.3 Å². The van der Waals surface area contributed by atoms with E-state index in [0.29, 0.717) is 5.69 Å². The van der Waals surface area contributed by atoms with Gasteiger partial charge >= 0.3 is 12.0 Å². The molecule has 1 aliphatic heterocycles. The number of anilines is 2. The number of benzene rings is 1. The molecule has 3 amide bonds. The zero-order valence-electron chi connectivity index (χ0n) is 14.5. The fraction of sp³-hybridized carbons (Fsp3) is 0.118. The molecule has 3 N–H and O–H groups in total. The normalized spacial score (nSPS) is 15.0. The molecule has 0 atom stereocenters. The van der Waals surface area contributed by atoms with Crippen molar-refractivity contribution in [1.29, 1.82) is 0 Å². The number of hydrogen-bond acceptors (Lipinski definition) is 8. The fourth-order valence-electron chi connectivity index (χ4n) is 2.22. The van der Waals surface area contributed by atoms with Crippen LogP contribution >= 0.6 is 35.3 Å². The van der Waals surface area contributed by atoms with Crippen LogP contribution in [0.1, 0.15) is 12.6 Å². The van der Waals surface area contributed by atoms with E-state index in [1.807, 2.05) is 6.07 Å². The van der Waals surface area contributed by atoms with E-state index in [4.69, 9.17) is 17.0 Å². The minimum Gasteiger partial charge on any atom is -0.462 e. The molecule has 28 heavy (non-hydrogen) atoms. The number of esters is 1. The van der Waals surface area contributed by atoms with Crippen molar-refractivity contribution >= 4 is 73.9 Å². The molecule has 1 aromatic heterocycles. The first-order chi connectivity index (χ1) is 13.5. The second-order valence-corrected chi connectivity index (χ2v) is 7.80. The van der Waals surface area contributed by atoms with Crippen LogP contribution < -0.4 is 16.0 Å². The van der Waals surface area contributed by atoms with Gasteiger partial charge in [0.05, 0.1) is 17.2 Å². The fourth-order valence-corrected chi connectivity index (χ4v) is 4.02. The zero-order chi connectivity index (χ0) is 20.1. The third-order valence-electron chi connectivity index (χ3n) is 3.34. The number of ether oxygens (including phenoxy) is 1. The Bertz CT molecular complexity index is 972. The summed E-state index contributed by atoms with van der Waals surface area (Å²) in [6, 6.07) is 8.44. The second kappa shape index (κ2) is 8.95. The highest BCUT2D eigenvalue weighted by Crippen LogP contribution is 2.34. The minimum atomic E-state index is -0.685. The summed E-state index contributed by atoms with van der Waals surface area (Å²) >= 11 is 7.06. The summed E-state index contributed by atoms with van der Waals surface area (Å²) in [5.41, 5.74) is 0.858. The summed E-state index contributed by atoms with van der Waals surface area (Å²) in [6.07, 6.45) is 0. The van der Waals surface area contributed by atoms with Crippen LogP contribution in [0.15, 0.2) is 40.6 Å². The van der Waals surface area contributed by atoms with E-state index in [1.54, 1.807) is 36.6 Å². The average molecular weight is 435 g/mol. The van der Waals surface area contributed by atoms with E-state index >= 15 is 0 Å². The van der Waals surface area contributed by atoms with Gasteiger partial charge in [0.1, 0.15) is 9.89 Å². The lowest BCUT2D eigenvalue weighted by Gasteiger charge is -2.07. The third-order valence-corrected chi connectivity index (χ3v) is 5.33. The number of thiazole rings is 1. The van der Waals surface area contributed by atoms with E-state index in [9.17, 15) is 14.4 Å². The number of aromatic nitrogens is 1. The van der Waals surface area contributed by atoms with Crippen LogP contribution in [0.5, 0.6) is 0 Å². The van der Waals surface area contributed by atoms with Crippen molar-refractivity contribution in [2.24, 2.45) is 0 Å². The first kappa shape index (κ1) is 20.0. The van der Waals surface area contributed by atoms with E-state index in [1.165, 1.54) is 0 Å². The molecule has 1 aromatic carbocycles. The molecule has 1 aliphatic rings. The quantitative estimate of drug-likeness (QED) is 0.377. The number of nitrogens with zero attached hydrogens (tertiary/aromatic N) is 1. The van der Waals surface area contributed by atoms with Crippen LogP contribution in [-0.2, 0) is 14.3 Å². The van der Waals surface area contributed by atoms with Crippen molar-refractivity contribution in [3.8, 4) is 0 Å². The Hall–Kier alpha value is -2.76. The summed E-state index contributed by atoms with van der Waals surface area (Å²) in [7, 11) is 0. The van der Waals surface area contributed by atoms with Crippen molar-refractivity contribution in [3.63, 3.8) is 0 Å². The Labute approximate surface area is 173 Å². The topological polar surface area (TPSA) is 109 Å². The van der Waals surface area contributed by atoms with Gasteiger partial charge in [0.15, 0.2) is 5.13 Å². The van der Waals surface area contributed by atoms with E-state index in [0.717, 1.165) is 23.1 Å². The Morgan fingerprint density at radius 2 is 2.00 bits per heavy atom. The van der Waals surface area contributed by atoms with Crippen molar-refractivity contribution in [2.75, 3.05) is 17.2 Å². The van der Waals surface area contributed by atoms with Gasteiger partial charge in [-0.1, -0.05) is 42.2 Å². The number of para-hydroxylation sites is 1. The maximum atomic E-state index is 12.4. The van der Waals surface area contributed by atoms with E-state index < -0.39 is 17.9 Å². The first-order valence-corrected chi connectivity index (χ1v) is 10.1. The van der Waals surface area contributed by atoms with Gasteiger partial charge in [0.2, 0.25) is 0 Å². The Balaban J connectivity index is 1.82. The number of urea groups is 1. The molecule has 2 aromatic rings. The highest BCUT2D eigenvalue weighted by molar-refractivity contribution is 8.27. The lowest BCUT2D eigenvalue weighted by molar-refractivity contribution is -0.136. The number of thioether (sulfide) groups is 1. The monoisotopic (exact) mass is 434 g/mol. The van der Waals surface area contributed by atoms with Gasteiger partial charge in [-0.25, -0.2) is 14.6 Å². The predicted molar refractivity (Wildman–Crippen MR) is 113 cm³/mol. The predicted octanol–water partition coefficient (Wildman–Crippen LogP) is 3.21. The number of rotatable bonds is 5. The Morgan fingerprint density at radius 3 is 2.64 bits per heavy atom. The lowest BCUT2D eigenvalue weighted by Crippen LogP contribution is -2.20. The van der Waals surface area contributed by atoms with Crippen LogP contribution in [-0.4, -0.2) is 33.8 Å². The second-order valence-electron chi connectivity index (χ2n) is 5.25. The van der Waals surface area contributed by atoms with Gasteiger partial charge in [-0.3, -0.25) is 10.1 Å². The van der Waals surface area contributed by atoms with Crippen LogP contribution in [0.2, 0.25) is 0 Å². The summed E-state index contributed by atoms with van der Waals surface area (Å²) in [5, 5.41) is 9.55. The standard InChI is InChI=1S/C17H14N4O4S3/c1-2-25-14(23)11(12-13(22)20-17(26)28-12)10-8-27-16(19-10)21-15(24)18-9-6-4-3-5-7-9/h3-8H,2H2,1H3,(H,20,22,26)(H2,18,19,21,24). The molecule has 0 aliphatic carbocycles. The Kier molecular flexibility index (Phi) is 6.39. The molecule has 3 rings (SSSR count). The molecule has 0 radical (unpaired) electrons. The molecule has 0 spiro atoms. The molecule has 2 heterocycles. The highest BCUT2D eigenvalue weighted by atomic mass is 32.2. The first-order valence-electron chi connectivity index (χ1n) is 8.01. The lowest BCUT2D eigenvalue weighted by atomic mass is 10.2. The number of nitrogens with one attached hydrogen (secondary N) is 3. The molecule has 8 nitrogen and oxygen atoms in total. The van der Waals surface area contributed by atoms with Crippen LogP contribution in [0.25, 0.3) is 5.57 Å². The van der Waals surface area contributed by atoms with Crippen molar-refractivity contribution < 1.29 is 19.1 Å². The molecule has 144 valence electrons. The summed E-state index contributed by atoms with van der Waals surface area (Å²) < 4.78 is 5.30. The third kappa shape index (κ3) is 4.74. The number of amides is 3. The highest BCUT2D eigenvalue weighted by Gasteiger charge is 2.32. The maximum absolute atomic E-state index is 12.4. The molecular weight excluding hydrogens is 420 g/mol. The van der Waals surface area contributed by atoms with Crippen LogP contribution in [0, 0.1) is 0 Å². The van der Waals surface area contributed by atoms with Gasteiger partial charge in [0.25, 0.3) is 5.91 Å². The molecule has 11 heteroatoms. The van der Waals surface area contributed by atoms with E-state index in [-0.39, 0.29) is 32.2 Å². The summed E-state index contributed by atoms with van der Waals surface area (Å²) in [6.45, 7) is 1.80. The van der Waals surface area contributed by atoms with Crippen LogP contribution in [0.3, 0.4) is 0 Å². The van der Waals surface area contributed by atoms with Crippen molar-refractivity contribution in [2.45, 2.75) is 6.92 Å². The van der Waals surface area contributed by atoms with Crippen LogP contribution in [0.4, 0.5) is 15.6 Å². The van der Waals surface area contributed by atoms with Gasteiger partial charge in [0, 0.05) is 11.1 Å². The number of hydrogen-bond donors (Lipinski definition) is 3. The SMILES string of the molecule is CCOC(=O)C(=C1SC(=S)NC1=O)c1csc(NC(=O)Nc2ccccc2)n1. The zero-order valence-corrected chi connectivity index (χ0v) is 16.9. The van der Waals surface area contributed by atoms with Gasteiger partial charge in [-0.15, -0.1) is 11.3 Å². The molecular formula is C17H14N4O4S3. The molecule has 1 fully saturated rings. The van der Waals surface area contributed by atoms with Gasteiger partial charge < -0.3 is 15.4 Å². The largest absolute Gasteiger partial charge is 0.462 e. The Morgan fingerprint density at radius 1 is 1.25 bits per heavy atom. The van der Waals surface area contributed by atoms with E-state index in [2.05, 4.69) is 20.9 Å². The van der Waals surface area contributed by atoms with Crippen molar-refractivity contribution in [1.82, 2.24) is 10.3 Å². The van der Waals surface area contributed by atoms with Gasteiger partial charge in [-0.05, 0) is 19.1 Å². The summed E-state index contributed by atoms with van der Waals surface area (Å²) in [5.74, 6) is -1.17. The number of carbonyl (C=O) groups excluding carboxylic acids is 3. The smallest absolute Gasteiger partial charge is 0.341 e. The molecule has 0 saturated carbocycles. The van der Waals surface area contributed by atoms with Gasteiger partial charge in [-0.2, -0.15) is 0 Å². The molecule has 0 bridgehead atoms.